The topological polar surface area (TPSA) is 199 Å². The Labute approximate surface area is 248 Å². The van der Waals surface area contributed by atoms with Crippen molar-refractivity contribution in [2.45, 2.75) is 69.2 Å². The lowest BCUT2D eigenvalue weighted by molar-refractivity contribution is -0.169. The van der Waals surface area contributed by atoms with Crippen molar-refractivity contribution < 1.29 is 39.9 Å². The van der Waals surface area contributed by atoms with Crippen LogP contribution in [-0.2, 0) is 26.3 Å². The zero-order valence-electron chi connectivity index (χ0n) is 24.8. The molecule has 12 nitrogen and oxygen atoms in total. The van der Waals surface area contributed by atoms with Gasteiger partial charge in [-0.1, -0.05) is 32.9 Å². The van der Waals surface area contributed by atoms with Crippen molar-refractivity contribution in [1.82, 2.24) is 14.5 Å². The Morgan fingerprint density at radius 3 is 2.44 bits per heavy atom. The van der Waals surface area contributed by atoms with Gasteiger partial charge in [-0.2, -0.15) is 0 Å². The first-order valence-corrected chi connectivity index (χ1v) is 14.2. The zero-order valence-corrected chi connectivity index (χ0v) is 24.8. The van der Waals surface area contributed by atoms with E-state index in [1.807, 2.05) is 24.6 Å². The second-order valence-corrected chi connectivity index (χ2v) is 12.8. The third-order valence-electron chi connectivity index (χ3n) is 9.64. The van der Waals surface area contributed by atoms with Crippen molar-refractivity contribution >= 4 is 23.2 Å². The maximum absolute atomic E-state index is 14.2. The molecule has 12 heteroatoms. The molecular weight excluding hydrogens is 556 g/mol. The Hall–Kier alpha value is -4.00. The number of carbonyl (C=O) groups excluding carboxylic acids is 3. The van der Waals surface area contributed by atoms with Gasteiger partial charge in [-0.25, -0.2) is 4.98 Å². The Bertz CT molecular complexity index is 1570. The highest BCUT2D eigenvalue weighted by Crippen LogP contribution is 2.57. The highest BCUT2D eigenvalue weighted by atomic mass is 16.4. The Kier molecular flexibility index (Phi) is 7.31. The van der Waals surface area contributed by atoms with Crippen molar-refractivity contribution in [2.24, 2.45) is 17.6 Å². The number of aliphatic hydroxyl groups excluding tert-OH is 3. The van der Waals surface area contributed by atoms with Crippen LogP contribution in [0.4, 0.5) is 0 Å². The number of amides is 1. The van der Waals surface area contributed by atoms with Crippen LogP contribution in [0.15, 0.2) is 47.8 Å². The van der Waals surface area contributed by atoms with E-state index < -0.39 is 81.1 Å². The molecular formula is C31H38N4O8. The molecule has 3 aliphatic carbocycles. The van der Waals surface area contributed by atoms with E-state index in [-0.39, 0.29) is 11.3 Å². The maximum atomic E-state index is 14.2. The van der Waals surface area contributed by atoms with E-state index in [4.69, 9.17) is 5.73 Å². The van der Waals surface area contributed by atoms with Crippen LogP contribution in [0.1, 0.15) is 56.2 Å². The first-order valence-electron chi connectivity index (χ1n) is 14.2. The summed E-state index contributed by atoms with van der Waals surface area (Å²) in [6.45, 7) is 6.35. The number of phenolic OH excluding ortho intramolecular Hbond substituents is 1. The van der Waals surface area contributed by atoms with Gasteiger partial charge in [0.2, 0.25) is 5.78 Å². The molecule has 1 heterocycles. The van der Waals surface area contributed by atoms with E-state index >= 15 is 0 Å². The molecule has 1 aromatic heterocycles. The van der Waals surface area contributed by atoms with Crippen molar-refractivity contribution in [3.05, 3.63) is 64.4 Å². The van der Waals surface area contributed by atoms with Crippen LogP contribution in [0.5, 0.6) is 5.75 Å². The molecule has 43 heavy (non-hydrogen) atoms. The molecule has 2 aromatic rings. The van der Waals surface area contributed by atoms with E-state index in [2.05, 4.69) is 4.98 Å². The molecule has 0 aliphatic heterocycles. The number of fused-ring (bicyclic) bond motifs is 3. The molecule has 5 rings (SSSR count). The summed E-state index contributed by atoms with van der Waals surface area (Å²) in [6, 6.07) is 2.13. The SMILES string of the molecule is CC1c2ccc(C(C)(C)CCCn3ccnc3)c(O)c2C(O)=C2C(=O)C3(O)C(O)=C(C(N)=O)C(=O)C(N(C)C)C3C(O)C21. The quantitative estimate of drug-likeness (QED) is 0.255. The third kappa shape index (κ3) is 4.30. The molecule has 1 fully saturated rings. The summed E-state index contributed by atoms with van der Waals surface area (Å²) in [7, 11) is 2.95. The second kappa shape index (κ2) is 10.3. The highest BCUT2D eigenvalue weighted by molar-refractivity contribution is 6.24. The van der Waals surface area contributed by atoms with Crippen molar-refractivity contribution in [3.8, 4) is 5.75 Å². The van der Waals surface area contributed by atoms with Gasteiger partial charge in [0.05, 0.1) is 30.0 Å². The van der Waals surface area contributed by atoms with Gasteiger partial charge >= 0.3 is 0 Å². The summed E-state index contributed by atoms with van der Waals surface area (Å²) in [5.41, 5.74) is 1.54. The second-order valence-electron chi connectivity index (χ2n) is 12.8. The van der Waals surface area contributed by atoms with E-state index in [0.717, 1.165) is 13.0 Å². The van der Waals surface area contributed by atoms with E-state index in [9.17, 15) is 39.9 Å². The van der Waals surface area contributed by atoms with Crippen LogP contribution < -0.4 is 5.73 Å². The average Bonchev–Trinajstić information content (AvgIpc) is 3.43. The van der Waals surface area contributed by atoms with Crippen LogP contribution in [0.3, 0.4) is 0 Å². The number of rotatable bonds is 7. The standard InChI is InChI=1S/C31H38N4O8/c1-14-15-7-8-16(30(2,3)9-6-11-35-12-10-33-13-35)23(36)18(15)24(37)19-17(14)25(38)21-22(34(4)5)26(39)20(29(32)42)28(41)31(21,43)27(19)40/h7-8,10,12-14,17,21-22,25,36-38,41,43H,6,9,11H2,1-5H3,(H2,32,42). The van der Waals surface area contributed by atoms with Crippen LogP contribution >= 0.6 is 0 Å². The number of aryl methyl sites for hydroxylation is 1. The molecule has 0 spiro atoms. The number of imidazole rings is 1. The number of aliphatic hydroxyl groups is 4. The van der Waals surface area contributed by atoms with Gasteiger partial charge in [0.15, 0.2) is 11.4 Å². The molecule has 0 radical (unpaired) electrons. The van der Waals surface area contributed by atoms with Gasteiger partial charge < -0.3 is 35.8 Å². The number of aromatic hydroxyl groups is 1. The van der Waals surface area contributed by atoms with Gasteiger partial charge in [-0.15, -0.1) is 0 Å². The predicted molar refractivity (Wildman–Crippen MR) is 155 cm³/mol. The Morgan fingerprint density at radius 2 is 1.86 bits per heavy atom. The first-order chi connectivity index (χ1) is 20.1. The molecule has 0 bridgehead atoms. The maximum Gasteiger partial charge on any atom is 0.255 e. The Morgan fingerprint density at radius 1 is 1.19 bits per heavy atom. The molecule has 1 aromatic carbocycles. The number of primary amides is 1. The molecule has 0 saturated heterocycles. The largest absolute Gasteiger partial charge is 0.508 e. The lowest BCUT2D eigenvalue weighted by Crippen LogP contribution is -2.70. The van der Waals surface area contributed by atoms with Gasteiger partial charge in [0, 0.05) is 36.0 Å². The number of ketones is 2. The minimum Gasteiger partial charge on any atom is -0.508 e. The highest BCUT2D eigenvalue weighted by Gasteiger charge is 2.68. The monoisotopic (exact) mass is 594 g/mol. The lowest BCUT2D eigenvalue weighted by atomic mass is 9.54. The average molecular weight is 595 g/mol. The smallest absolute Gasteiger partial charge is 0.255 e. The third-order valence-corrected chi connectivity index (χ3v) is 9.64. The van der Waals surface area contributed by atoms with Crippen molar-refractivity contribution in [3.63, 3.8) is 0 Å². The summed E-state index contributed by atoms with van der Waals surface area (Å²) in [4.78, 5) is 45.1. The summed E-state index contributed by atoms with van der Waals surface area (Å²) in [6.07, 6.45) is 5.09. The molecule has 1 amide bonds. The number of likely N-dealkylation sites (N-methyl/N-ethyl adjacent to an activating group) is 1. The normalized spacial score (nSPS) is 29.1. The molecule has 3 aliphatic rings. The van der Waals surface area contributed by atoms with Crippen LogP contribution in [0, 0.1) is 11.8 Å². The number of hydrogen-bond donors (Lipinski definition) is 6. The molecule has 7 N–H and O–H groups in total. The number of Topliss-reactive ketones (excluding diaryl/α,β-unsaturated/α-hetero) is 2. The lowest BCUT2D eigenvalue weighted by Gasteiger charge is -2.53. The summed E-state index contributed by atoms with van der Waals surface area (Å²) in [5, 5.41) is 57.9. The van der Waals surface area contributed by atoms with Crippen molar-refractivity contribution in [1.29, 1.82) is 0 Å². The minimum atomic E-state index is -2.94. The fourth-order valence-electron chi connectivity index (χ4n) is 7.42. The van der Waals surface area contributed by atoms with Crippen LogP contribution in [0.2, 0.25) is 0 Å². The van der Waals surface area contributed by atoms with Crippen LogP contribution in [0.25, 0.3) is 5.76 Å². The number of aromatic nitrogens is 2. The van der Waals surface area contributed by atoms with Crippen molar-refractivity contribution in [2.75, 3.05) is 14.1 Å². The van der Waals surface area contributed by atoms with E-state index in [0.29, 0.717) is 17.5 Å². The summed E-state index contributed by atoms with van der Waals surface area (Å²) < 4.78 is 1.95. The number of hydrogen-bond acceptors (Lipinski definition) is 10. The summed E-state index contributed by atoms with van der Waals surface area (Å²) >= 11 is 0. The fraction of sp³-hybridized carbons (Fsp3) is 0.484. The molecule has 6 atom stereocenters. The number of carbonyl (C=O) groups is 3. The van der Waals surface area contributed by atoms with Gasteiger partial charge in [0.25, 0.3) is 5.91 Å². The van der Waals surface area contributed by atoms with E-state index in [1.165, 1.54) is 19.0 Å². The van der Waals surface area contributed by atoms with E-state index in [1.54, 1.807) is 31.6 Å². The molecule has 1 saturated carbocycles. The molecule has 6 unspecified atom stereocenters. The minimum absolute atomic E-state index is 0.00354. The number of benzene rings is 1. The zero-order chi connectivity index (χ0) is 31.8. The first kappa shape index (κ1) is 30.5. The van der Waals surface area contributed by atoms with Gasteiger partial charge in [-0.05, 0) is 43.8 Å². The predicted octanol–water partition coefficient (Wildman–Crippen LogP) is 1.45. The number of phenols is 1. The number of nitrogens with zero attached hydrogens (tertiary/aromatic N) is 3. The van der Waals surface area contributed by atoms with Gasteiger partial charge in [0.1, 0.15) is 22.8 Å². The van der Waals surface area contributed by atoms with Crippen LogP contribution in [-0.4, -0.2) is 89.3 Å². The molecule has 230 valence electrons. The fourth-order valence-corrected chi connectivity index (χ4v) is 7.42. The number of nitrogens with two attached hydrogens (primary N) is 1. The van der Waals surface area contributed by atoms with Gasteiger partial charge in [-0.3, -0.25) is 19.3 Å². The Balaban J connectivity index is 1.64. The summed E-state index contributed by atoms with van der Waals surface area (Å²) in [5.74, 6) is -8.94.